The zero-order valence-corrected chi connectivity index (χ0v) is 13.4. The molecule has 24 heavy (non-hydrogen) atoms. The molecule has 0 fully saturated rings. The highest BCUT2D eigenvalue weighted by Crippen LogP contribution is 2.32. The highest BCUT2D eigenvalue weighted by Gasteiger charge is 2.35. The number of carbonyl (C=O) groups excluding carboxylic acids is 2. The van der Waals surface area contributed by atoms with Crippen LogP contribution in [0.4, 0.5) is 18.9 Å². The van der Waals surface area contributed by atoms with Crippen molar-refractivity contribution in [2.75, 3.05) is 19.4 Å². The molecular weight excluding hydrogens is 321 g/mol. The monoisotopic (exact) mass is 340 g/mol. The molecule has 1 aliphatic carbocycles. The van der Waals surface area contributed by atoms with Gasteiger partial charge in [0.25, 0.3) is 0 Å². The second-order valence-corrected chi connectivity index (χ2v) is 5.96. The first-order valence-corrected chi connectivity index (χ1v) is 7.54. The molecule has 0 saturated carbocycles. The maximum Gasteiger partial charge on any atom is 0.416 e. The van der Waals surface area contributed by atoms with Gasteiger partial charge in [0, 0.05) is 19.8 Å². The van der Waals surface area contributed by atoms with E-state index in [4.69, 9.17) is 0 Å². The fraction of sp³-hybridized carbons (Fsp3) is 0.412. The fourth-order valence-electron chi connectivity index (χ4n) is 2.72. The van der Waals surface area contributed by atoms with E-state index in [2.05, 4.69) is 5.32 Å². The SMILES string of the molecule is CN(C)C(=O)C1CC=CCC1C(=O)Nc1cccc(C(F)(F)F)c1. The van der Waals surface area contributed by atoms with Gasteiger partial charge in [-0.1, -0.05) is 18.2 Å². The molecule has 0 bridgehead atoms. The van der Waals surface area contributed by atoms with Gasteiger partial charge in [-0.05, 0) is 31.0 Å². The second kappa shape index (κ2) is 7.07. The van der Waals surface area contributed by atoms with E-state index in [-0.39, 0.29) is 11.6 Å². The lowest BCUT2D eigenvalue weighted by atomic mass is 9.81. The average molecular weight is 340 g/mol. The molecule has 0 saturated heterocycles. The van der Waals surface area contributed by atoms with E-state index in [0.29, 0.717) is 12.8 Å². The summed E-state index contributed by atoms with van der Waals surface area (Å²) in [5.74, 6) is -1.71. The molecular formula is C17H19F3N2O2. The molecule has 2 amide bonds. The summed E-state index contributed by atoms with van der Waals surface area (Å²) in [7, 11) is 3.23. The summed E-state index contributed by atoms with van der Waals surface area (Å²) in [6, 6.07) is 4.47. The number of nitrogens with zero attached hydrogens (tertiary/aromatic N) is 1. The Bertz CT molecular complexity index is 653. The summed E-state index contributed by atoms with van der Waals surface area (Å²) in [6.45, 7) is 0. The van der Waals surface area contributed by atoms with E-state index < -0.39 is 29.5 Å². The Morgan fingerprint density at radius 3 is 2.33 bits per heavy atom. The third-order valence-electron chi connectivity index (χ3n) is 3.98. The Morgan fingerprint density at radius 1 is 1.12 bits per heavy atom. The van der Waals surface area contributed by atoms with Gasteiger partial charge < -0.3 is 10.2 Å². The van der Waals surface area contributed by atoms with Crippen LogP contribution in [-0.4, -0.2) is 30.8 Å². The van der Waals surface area contributed by atoms with Gasteiger partial charge in [-0.3, -0.25) is 9.59 Å². The summed E-state index contributed by atoms with van der Waals surface area (Å²) in [4.78, 5) is 26.1. The van der Waals surface area contributed by atoms with Crippen LogP contribution in [0.1, 0.15) is 18.4 Å². The van der Waals surface area contributed by atoms with Crippen LogP contribution in [-0.2, 0) is 15.8 Å². The van der Waals surface area contributed by atoms with Gasteiger partial charge >= 0.3 is 6.18 Å². The van der Waals surface area contributed by atoms with Gasteiger partial charge in [0.15, 0.2) is 0 Å². The number of alkyl halides is 3. The minimum absolute atomic E-state index is 0.0698. The number of hydrogen-bond donors (Lipinski definition) is 1. The topological polar surface area (TPSA) is 49.4 Å². The third kappa shape index (κ3) is 4.15. The molecule has 2 atom stereocenters. The van der Waals surface area contributed by atoms with Crippen molar-refractivity contribution in [1.29, 1.82) is 0 Å². The number of allylic oxidation sites excluding steroid dienone is 2. The minimum atomic E-state index is -4.47. The summed E-state index contributed by atoms with van der Waals surface area (Å²) in [5, 5.41) is 2.50. The normalized spacial score (nSPS) is 20.5. The van der Waals surface area contributed by atoms with E-state index >= 15 is 0 Å². The van der Waals surface area contributed by atoms with Gasteiger partial charge in [0.2, 0.25) is 11.8 Å². The first-order chi connectivity index (χ1) is 11.2. The van der Waals surface area contributed by atoms with Crippen LogP contribution in [0.2, 0.25) is 0 Å². The Labute approximate surface area is 138 Å². The van der Waals surface area contributed by atoms with Crippen LogP contribution in [0.5, 0.6) is 0 Å². The van der Waals surface area contributed by atoms with Crippen LogP contribution in [0.15, 0.2) is 36.4 Å². The van der Waals surface area contributed by atoms with E-state index in [0.717, 1.165) is 12.1 Å². The Kier molecular flexibility index (Phi) is 5.31. The average Bonchev–Trinajstić information content (AvgIpc) is 2.53. The summed E-state index contributed by atoms with van der Waals surface area (Å²) >= 11 is 0. The van der Waals surface area contributed by atoms with Crippen LogP contribution in [0.25, 0.3) is 0 Å². The van der Waals surface area contributed by atoms with Crippen molar-refractivity contribution in [1.82, 2.24) is 4.90 Å². The van der Waals surface area contributed by atoms with Crippen LogP contribution < -0.4 is 5.32 Å². The number of amides is 2. The molecule has 2 unspecified atom stereocenters. The van der Waals surface area contributed by atoms with Crippen LogP contribution in [0.3, 0.4) is 0 Å². The van der Waals surface area contributed by atoms with Gasteiger partial charge in [-0.15, -0.1) is 0 Å². The first-order valence-electron chi connectivity index (χ1n) is 7.54. The van der Waals surface area contributed by atoms with Crippen molar-refractivity contribution in [2.45, 2.75) is 19.0 Å². The molecule has 0 radical (unpaired) electrons. The number of rotatable bonds is 3. The smallest absolute Gasteiger partial charge is 0.349 e. The summed E-state index contributed by atoms with van der Waals surface area (Å²) < 4.78 is 38.2. The summed E-state index contributed by atoms with van der Waals surface area (Å²) in [6.07, 6.45) is 0.0143. The van der Waals surface area contributed by atoms with Gasteiger partial charge in [0.05, 0.1) is 17.4 Å². The van der Waals surface area contributed by atoms with Crippen molar-refractivity contribution in [3.63, 3.8) is 0 Å². The standard InChI is InChI=1S/C17H19F3N2O2/c1-22(2)16(24)14-9-4-3-8-13(14)15(23)21-12-7-5-6-11(10-12)17(18,19)20/h3-7,10,13-14H,8-9H2,1-2H3,(H,21,23). The van der Waals surface area contributed by atoms with Crippen molar-refractivity contribution in [2.24, 2.45) is 11.8 Å². The van der Waals surface area contributed by atoms with E-state index in [1.165, 1.54) is 17.0 Å². The van der Waals surface area contributed by atoms with Crippen LogP contribution in [0, 0.1) is 11.8 Å². The van der Waals surface area contributed by atoms with E-state index in [1.54, 1.807) is 14.1 Å². The quantitative estimate of drug-likeness (QED) is 0.858. The lowest BCUT2D eigenvalue weighted by Gasteiger charge is -2.28. The fourth-order valence-corrected chi connectivity index (χ4v) is 2.72. The summed E-state index contributed by atoms with van der Waals surface area (Å²) in [5.41, 5.74) is -0.759. The highest BCUT2D eigenvalue weighted by atomic mass is 19.4. The molecule has 1 aromatic carbocycles. The molecule has 0 spiro atoms. The zero-order valence-electron chi connectivity index (χ0n) is 13.4. The molecule has 0 aromatic heterocycles. The largest absolute Gasteiger partial charge is 0.416 e. The molecule has 0 heterocycles. The lowest BCUT2D eigenvalue weighted by molar-refractivity contribution is -0.138. The maximum atomic E-state index is 12.7. The molecule has 2 rings (SSSR count). The van der Waals surface area contributed by atoms with Gasteiger partial charge in [0.1, 0.15) is 0 Å². The zero-order chi connectivity index (χ0) is 17.9. The van der Waals surface area contributed by atoms with Crippen molar-refractivity contribution in [3.8, 4) is 0 Å². The second-order valence-electron chi connectivity index (χ2n) is 5.96. The Hall–Kier alpha value is -2.31. The Morgan fingerprint density at radius 2 is 1.75 bits per heavy atom. The van der Waals surface area contributed by atoms with Gasteiger partial charge in [-0.25, -0.2) is 0 Å². The van der Waals surface area contributed by atoms with Crippen molar-refractivity contribution >= 4 is 17.5 Å². The number of hydrogen-bond acceptors (Lipinski definition) is 2. The van der Waals surface area contributed by atoms with Gasteiger partial charge in [-0.2, -0.15) is 13.2 Å². The number of nitrogens with one attached hydrogen (secondary N) is 1. The number of anilines is 1. The first kappa shape index (κ1) is 18.0. The predicted molar refractivity (Wildman–Crippen MR) is 84.1 cm³/mol. The Balaban J connectivity index is 2.16. The predicted octanol–water partition coefficient (Wildman–Crippen LogP) is 3.31. The molecule has 1 aromatic rings. The molecule has 1 aliphatic rings. The number of carbonyl (C=O) groups is 2. The lowest BCUT2D eigenvalue weighted by Crippen LogP contribution is -2.40. The maximum absolute atomic E-state index is 12.7. The minimum Gasteiger partial charge on any atom is -0.349 e. The third-order valence-corrected chi connectivity index (χ3v) is 3.98. The molecule has 0 aliphatic heterocycles. The molecule has 130 valence electrons. The number of halogens is 3. The molecule has 7 heteroatoms. The van der Waals surface area contributed by atoms with Crippen molar-refractivity contribution in [3.05, 3.63) is 42.0 Å². The molecule has 4 nitrogen and oxygen atoms in total. The highest BCUT2D eigenvalue weighted by molar-refractivity contribution is 5.96. The molecule has 1 N–H and O–H groups in total. The number of benzene rings is 1. The van der Waals surface area contributed by atoms with Crippen molar-refractivity contribution < 1.29 is 22.8 Å². The van der Waals surface area contributed by atoms with E-state index in [1.807, 2.05) is 12.2 Å². The van der Waals surface area contributed by atoms with E-state index in [9.17, 15) is 22.8 Å². The van der Waals surface area contributed by atoms with Crippen LogP contribution >= 0.6 is 0 Å².